The summed E-state index contributed by atoms with van der Waals surface area (Å²) >= 11 is 5.64. The number of alkyl halides is 1. The summed E-state index contributed by atoms with van der Waals surface area (Å²) in [6.45, 7) is 6.08. The zero-order valence-corrected chi connectivity index (χ0v) is 17.7. The van der Waals surface area contributed by atoms with Crippen molar-refractivity contribution in [3.8, 4) is 0 Å². The van der Waals surface area contributed by atoms with Gasteiger partial charge in [-0.15, -0.1) is 11.6 Å². The molecule has 0 bridgehead atoms. The van der Waals surface area contributed by atoms with Crippen LogP contribution >= 0.6 is 11.6 Å². The lowest BCUT2D eigenvalue weighted by molar-refractivity contribution is -0.147. The van der Waals surface area contributed by atoms with Crippen LogP contribution in [-0.4, -0.2) is 25.4 Å². The second-order valence-electron chi connectivity index (χ2n) is 6.88. The quantitative estimate of drug-likeness (QED) is 0.0942. The van der Waals surface area contributed by atoms with Crippen LogP contribution in [0.3, 0.4) is 0 Å². The van der Waals surface area contributed by atoms with Crippen LogP contribution in [0.4, 0.5) is 0 Å². The molecule has 0 saturated heterocycles. The maximum absolute atomic E-state index is 5.89. The van der Waals surface area contributed by atoms with Crippen molar-refractivity contribution in [3.63, 3.8) is 0 Å². The zero-order chi connectivity index (χ0) is 18.4. The van der Waals surface area contributed by atoms with Crippen molar-refractivity contribution in [2.75, 3.05) is 19.1 Å². The van der Waals surface area contributed by atoms with Crippen LogP contribution in [0.15, 0.2) is 12.2 Å². The van der Waals surface area contributed by atoms with E-state index in [-0.39, 0.29) is 6.29 Å². The molecule has 0 N–H and O–H groups in total. The van der Waals surface area contributed by atoms with E-state index >= 15 is 0 Å². The van der Waals surface area contributed by atoms with E-state index in [9.17, 15) is 0 Å². The first-order valence-corrected chi connectivity index (χ1v) is 11.3. The molecule has 0 aromatic rings. The van der Waals surface area contributed by atoms with Crippen LogP contribution in [0, 0.1) is 0 Å². The summed E-state index contributed by atoms with van der Waals surface area (Å²) in [5, 5.41) is 0. The van der Waals surface area contributed by atoms with Gasteiger partial charge in [0.2, 0.25) is 0 Å². The second kappa shape index (κ2) is 22.0. The van der Waals surface area contributed by atoms with Gasteiger partial charge in [0.15, 0.2) is 6.29 Å². The standard InChI is InChI=1S/C22H43ClO2/c1-3-5-20-24-22(25-21-6-4-2)18-16-14-12-10-8-7-9-11-13-15-17-19-23/h13,15,22H,3-12,14,16-21H2,1-2H3/b15-13-. The van der Waals surface area contributed by atoms with E-state index in [2.05, 4.69) is 26.0 Å². The van der Waals surface area contributed by atoms with Crippen LogP contribution in [0.25, 0.3) is 0 Å². The van der Waals surface area contributed by atoms with Gasteiger partial charge in [0.1, 0.15) is 0 Å². The predicted molar refractivity (Wildman–Crippen MR) is 112 cm³/mol. The van der Waals surface area contributed by atoms with Crippen LogP contribution in [0.1, 0.15) is 104 Å². The first kappa shape index (κ1) is 24.9. The van der Waals surface area contributed by atoms with Gasteiger partial charge in [0, 0.05) is 19.1 Å². The molecule has 2 nitrogen and oxygen atoms in total. The third kappa shape index (κ3) is 20.1. The van der Waals surface area contributed by atoms with Crippen molar-refractivity contribution in [2.45, 2.75) is 110 Å². The Morgan fingerprint density at radius 2 is 1.20 bits per heavy atom. The average molecular weight is 375 g/mol. The Labute approximate surface area is 162 Å². The SMILES string of the molecule is CCCCOC(CCCCCCCCC/C=C\CCCl)OCCCC. The minimum atomic E-state index is 0.0258. The van der Waals surface area contributed by atoms with Crippen molar-refractivity contribution < 1.29 is 9.47 Å². The van der Waals surface area contributed by atoms with Crippen LogP contribution in [0.2, 0.25) is 0 Å². The van der Waals surface area contributed by atoms with Crippen LogP contribution in [-0.2, 0) is 9.47 Å². The highest BCUT2D eigenvalue weighted by molar-refractivity contribution is 6.17. The van der Waals surface area contributed by atoms with E-state index in [1.54, 1.807) is 0 Å². The molecule has 0 atom stereocenters. The summed E-state index contributed by atoms with van der Waals surface area (Å²) in [4.78, 5) is 0. The lowest BCUT2D eigenvalue weighted by atomic mass is 10.1. The normalized spacial score (nSPS) is 11.8. The highest BCUT2D eigenvalue weighted by Crippen LogP contribution is 2.13. The molecule has 25 heavy (non-hydrogen) atoms. The maximum atomic E-state index is 5.89. The van der Waals surface area contributed by atoms with Crippen molar-refractivity contribution >= 4 is 11.6 Å². The number of allylic oxidation sites excluding steroid dienone is 2. The number of unbranched alkanes of at least 4 members (excludes halogenated alkanes) is 9. The molecule has 0 aliphatic carbocycles. The molecule has 0 aliphatic rings. The minimum absolute atomic E-state index is 0.0258. The van der Waals surface area contributed by atoms with Crippen molar-refractivity contribution in [2.24, 2.45) is 0 Å². The molecule has 0 heterocycles. The summed E-state index contributed by atoms with van der Waals surface area (Å²) in [7, 11) is 0. The van der Waals surface area contributed by atoms with Crippen molar-refractivity contribution in [1.29, 1.82) is 0 Å². The summed E-state index contributed by atoms with van der Waals surface area (Å²) in [5.74, 6) is 0.741. The topological polar surface area (TPSA) is 18.5 Å². The lowest BCUT2D eigenvalue weighted by Gasteiger charge is -2.18. The average Bonchev–Trinajstić information content (AvgIpc) is 2.62. The maximum Gasteiger partial charge on any atom is 0.157 e. The van der Waals surface area contributed by atoms with Gasteiger partial charge in [-0.2, -0.15) is 0 Å². The summed E-state index contributed by atoms with van der Waals surface area (Å²) in [6, 6.07) is 0. The number of rotatable bonds is 20. The first-order valence-electron chi connectivity index (χ1n) is 10.8. The second-order valence-corrected chi connectivity index (χ2v) is 7.26. The largest absolute Gasteiger partial charge is 0.353 e. The number of ether oxygens (including phenoxy) is 2. The fraction of sp³-hybridized carbons (Fsp3) is 0.909. The molecule has 0 aromatic carbocycles. The highest BCUT2D eigenvalue weighted by Gasteiger charge is 2.08. The van der Waals surface area contributed by atoms with Gasteiger partial charge in [0.05, 0.1) is 0 Å². The van der Waals surface area contributed by atoms with Gasteiger partial charge in [-0.05, 0) is 44.9 Å². The summed E-state index contributed by atoms with van der Waals surface area (Å²) in [5.41, 5.74) is 0. The van der Waals surface area contributed by atoms with Crippen LogP contribution in [0.5, 0.6) is 0 Å². The number of hydrogen-bond acceptors (Lipinski definition) is 2. The molecule has 0 spiro atoms. The molecule has 0 aromatic heterocycles. The van der Waals surface area contributed by atoms with E-state index in [1.807, 2.05) is 0 Å². The minimum Gasteiger partial charge on any atom is -0.353 e. The monoisotopic (exact) mass is 374 g/mol. The van der Waals surface area contributed by atoms with Gasteiger partial charge < -0.3 is 9.47 Å². The van der Waals surface area contributed by atoms with E-state index in [0.717, 1.165) is 44.8 Å². The van der Waals surface area contributed by atoms with Gasteiger partial charge in [-0.3, -0.25) is 0 Å². The van der Waals surface area contributed by atoms with E-state index in [0.29, 0.717) is 0 Å². The third-order valence-electron chi connectivity index (χ3n) is 4.36. The van der Waals surface area contributed by atoms with Gasteiger partial charge in [0.25, 0.3) is 0 Å². The molecule has 0 radical (unpaired) electrons. The summed E-state index contributed by atoms with van der Waals surface area (Å²) in [6.07, 6.45) is 21.7. The zero-order valence-electron chi connectivity index (χ0n) is 16.9. The Kier molecular flexibility index (Phi) is 21.9. The van der Waals surface area contributed by atoms with Gasteiger partial charge >= 0.3 is 0 Å². The molecule has 3 heteroatoms. The molecule has 0 fully saturated rings. The fourth-order valence-corrected chi connectivity index (χ4v) is 2.81. The fourth-order valence-electron chi connectivity index (χ4n) is 2.69. The lowest BCUT2D eigenvalue weighted by Crippen LogP contribution is -2.18. The molecule has 0 rings (SSSR count). The first-order chi connectivity index (χ1) is 12.3. The molecule has 0 unspecified atom stereocenters. The molecule has 0 aliphatic heterocycles. The molecular weight excluding hydrogens is 332 g/mol. The summed E-state index contributed by atoms with van der Waals surface area (Å²) < 4.78 is 11.8. The Bertz CT molecular complexity index is 259. The number of hydrogen-bond donors (Lipinski definition) is 0. The van der Waals surface area contributed by atoms with E-state index in [4.69, 9.17) is 21.1 Å². The van der Waals surface area contributed by atoms with Crippen molar-refractivity contribution in [1.82, 2.24) is 0 Å². The highest BCUT2D eigenvalue weighted by atomic mass is 35.5. The molecule has 0 amide bonds. The third-order valence-corrected chi connectivity index (χ3v) is 4.57. The Morgan fingerprint density at radius 1 is 0.680 bits per heavy atom. The molecule has 150 valence electrons. The number of halogens is 1. The Morgan fingerprint density at radius 3 is 1.76 bits per heavy atom. The Hall–Kier alpha value is -0.0500. The van der Waals surface area contributed by atoms with Crippen LogP contribution < -0.4 is 0 Å². The van der Waals surface area contributed by atoms with E-state index < -0.39 is 0 Å². The van der Waals surface area contributed by atoms with Crippen molar-refractivity contribution in [3.05, 3.63) is 12.2 Å². The smallest absolute Gasteiger partial charge is 0.157 e. The van der Waals surface area contributed by atoms with Gasteiger partial charge in [-0.25, -0.2) is 0 Å². The van der Waals surface area contributed by atoms with E-state index in [1.165, 1.54) is 64.2 Å². The Balaban J connectivity index is 3.49. The molecular formula is C22H43ClO2. The predicted octanol–water partition coefficient (Wildman–Crippen LogP) is 7.64. The molecule has 0 saturated carbocycles. The van der Waals surface area contributed by atoms with Gasteiger partial charge in [-0.1, -0.05) is 70.9 Å².